The number of hydrogen-bond acceptors (Lipinski definition) is 8. The van der Waals surface area contributed by atoms with E-state index in [9.17, 15) is 4.79 Å². The molecule has 1 saturated heterocycles. The molecule has 2 aliphatic heterocycles. The van der Waals surface area contributed by atoms with E-state index in [1.54, 1.807) is 18.6 Å². The molecule has 1 amide bonds. The van der Waals surface area contributed by atoms with Crippen LogP contribution in [0.1, 0.15) is 5.56 Å². The highest BCUT2D eigenvalue weighted by Crippen LogP contribution is 2.29. The number of para-hydroxylation sites is 1. The fraction of sp³-hybridized carbons (Fsp3) is 0.200. The number of dihydropyridines is 1. The summed E-state index contributed by atoms with van der Waals surface area (Å²) in [4.78, 5) is 28.2. The van der Waals surface area contributed by atoms with E-state index in [-0.39, 0.29) is 5.91 Å². The Labute approximate surface area is 197 Å². The number of allylic oxidation sites excluding steroid dienone is 2. The second-order valence-corrected chi connectivity index (χ2v) is 8.42. The summed E-state index contributed by atoms with van der Waals surface area (Å²) < 4.78 is 0. The van der Waals surface area contributed by atoms with Gasteiger partial charge in [0.15, 0.2) is 5.66 Å². The molecule has 5 rings (SSSR count). The number of likely N-dealkylation sites (tertiary alicyclic amines) is 1. The Kier molecular flexibility index (Phi) is 5.69. The number of aromatic nitrogens is 3. The van der Waals surface area contributed by atoms with Gasteiger partial charge in [-0.05, 0) is 43.6 Å². The van der Waals surface area contributed by atoms with E-state index in [1.807, 2.05) is 48.6 Å². The van der Waals surface area contributed by atoms with Crippen molar-refractivity contribution in [1.82, 2.24) is 30.5 Å². The van der Waals surface area contributed by atoms with Crippen LogP contribution in [0.4, 0.5) is 17.5 Å². The minimum Gasteiger partial charge on any atom is -0.365 e. The molecule has 9 heteroatoms. The Morgan fingerprint density at radius 3 is 2.79 bits per heavy atom. The molecule has 1 atom stereocenters. The van der Waals surface area contributed by atoms with Crippen LogP contribution in [0.2, 0.25) is 0 Å². The van der Waals surface area contributed by atoms with E-state index in [1.165, 1.54) is 6.08 Å². The third-order valence-corrected chi connectivity index (χ3v) is 5.84. The average Bonchev–Trinajstić information content (AvgIpc) is 2.84. The zero-order chi connectivity index (χ0) is 23.5. The molecule has 2 aromatic heterocycles. The molecule has 0 bridgehead atoms. The van der Waals surface area contributed by atoms with Crippen molar-refractivity contribution in [1.29, 1.82) is 0 Å². The zero-order valence-electron chi connectivity index (χ0n) is 18.8. The van der Waals surface area contributed by atoms with Gasteiger partial charge >= 0.3 is 0 Å². The molecule has 4 heterocycles. The number of likely N-dealkylation sites (N-methyl/N-ethyl adjacent to an activating group) is 1. The zero-order valence-corrected chi connectivity index (χ0v) is 18.8. The van der Waals surface area contributed by atoms with Gasteiger partial charge in [0.2, 0.25) is 11.9 Å². The van der Waals surface area contributed by atoms with Crippen LogP contribution in [0.25, 0.3) is 10.9 Å². The topological polar surface area (TPSA) is 107 Å². The molecule has 2 aliphatic rings. The Hall–Kier alpha value is -4.24. The van der Waals surface area contributed by atoms with E-state index in [0.29, 0.717) is 17.5 Å². The highest BCUT2D eigenvalue weighted by Gasteiger charge is 2.33. The highest BCUT2D eigenvalue weighted by atomic mass is 16.1. The lowest BCUT2D eigenvalue weighted by molar-refractivity contribution is -0.118. The monoisotopic (exact) mass is 454 g/mol. The molecule has 1 unspecified atom stereocenters. The van der Waals surface area contributed by atoms with E-state index < -0.39 is 5.66 Å². The first-order valence-electron chi connectivity index (χ1n) is 11.1. The van der Waals surface area contributed by atoms with Gasteiger partial charge in [-0.15, -0.1) is 0 Å². The number of amides is 1. The van der Waals surface area contributed by atoms with Gasteiger partial charge in [0.1, 0.15) is 5.82 Å². The summed E-state index contributed by atoms with van der Waals surface area (Å²) >= 11 is 0. The molecule has 0 aliphatic carbocycles. The Morgan fingerprint density at radius 2 is 2.09 bits per heavy atom. The maximum absolute atomic E-state index is 12.2. The summed E-state index contributed by atoms with van der Waals surface area (Å²) in [6, 6.07) is 10.1. The molecule has 0 saturated carbocycles. The first-order chi connectivity index (χ1) is 16.5. The molecule has 1 fully saturated rings. The van der Waals surface area contributed by atoms with Crippen molar-refractivity contribution in [2.75, 3.05) is 30.8 Å². The molecule has 3 aromatic rings. The Balaban J connectivity index is 1.42. The molecule has 34 heavy (non-hydrogen) atoms. The fourth-order valence-corrected chi connectivity index (χ4v) is 4.16. The van der Waals surface area contributed by atoms with E-state index >= 15 is 0 Å². The first-order valence-corrected chi connectivity index (χ1v) is 11.1. The van der Waals surface area contributed by atoms with Crippen LogP contribution >= 0.6 is 0 Å². The number of carbonyl (C=O) groups is 1. The van der Waals surface area contributed by atoms with Crippen LogP contribution < -0.4 is 21.3 Å². The van der Waals surface area contributed by atoms with Crippen LogP contribution in [0, 0.1) is 0 Å². The second-order valence-electron chi connectivity index (χ2n) is 8.42. The fourth-order valence-electron chi connectivity index (χ4n) is 4.16. The number of nitrogens with zero attached hydrogens (tertiary/aromatic N) is 4. The van der Waals surface area contributed by atoms with Crippen molar-refractivity contribution < 1.29 is 4.79 Å². The van der Waals surface area contributed by atoms with E-state index in [2.05, 4.69) is 49.8 Å². The van der Waals surface area contributed by atoms with Gasteiger partial charge in [0.25, 0.3) is 0 Å². The van der Waals surface area contributed by atoms with Gasteiger partial charge in [0.05, 0.1) is 23.4 Å². The van der Waals surface area contributed by atoms with Gasteiger partial charge in [-0.2, -0.15) is 0 Å². The molecular formula is C25H26N8O. The number of rotatable bonds is 7. The molecule has 172 valence electrons. The minimum atomic E-state index is -0.963. The maximum atomic E-state index is 12.2. The standard InChI is InChI=1S/C25H26N8O/c1-3-22(34)32-25(11-4-5-12-28-25)20-8-6-7-17-13-27-24(31-23(17)20)30-18-9-10-21(26-14-18)29-19-15-33(2)16-19/h3-14,19,28H,1,15-16H2,2H3,(H,26,29)(H,32,34)(H,27,30,31). The third kappa shape index (κ3) is 4.33. The average molecular weight is 455 g/mol. The van der Waals surface area contributed by atoms with Crippen LogP contribution in [-0.4, -0.2) is 51.9 Å². The SMILES string of the molecule is C=CC(=O)NC1(c2cccc3cnc(Nc4ccc(NC5CN(C)C5)nc4)nc23)C=CC=CN1. The predicted molar refractivity (Wildman–Crippen MR) is 133 cm³/mol. The van der Waals surface area contributed by atoms with Crippen molar-refractivity contribution in [3.63, 3.8) is 0 Å². The van der Waals surface area contributed by atoms with Crippen molar-refractivity contribution in [3.05, 3.63) is 85.4 Å². The maximum Gasteiger partial charge on any atom is 0.245 e. The number of anilines is 3. The third-order valence-electron chi connectivity index (χ3n) is 5.84. The molecule has 0 spiro atoms. The number of pyridine rings is 1. The van der Waals surface area contributed by atoms with Gasteiger partial charge in [-0.25, -0.2) is 15.0 Å². The Morgan fingerprint density at radius 1 is 1.21 bits per heavy atom. The first kappa shape index (κ1) is 21.6. The minimum absolute atomic E-state index is 0.301. The second kappa shape index (κ2) is 8.95. The summed E-state index contributed by atoms with van der Waals surface area (Å²) in [5.74, 6) is 0.974. The lowest BCUT2D eigenvalue weighted by Gasteiger charge is -2.36. The van der Waals surface area contributed by atoms with Crippen molar-refractivity contribution >= 4 is 34.3 Å². The molecule has 0 radical (unpaired) electrons. The van der Waals surface area contributed by atoms with Crippen LogP contribution in [0.3, 0.4) is 0 Å². The lowest BCUT2D eigenvalue weighted by Crippen LogP contribution is -2.53. The van der Waals surface area contributed by atoms with E-state index in [4.69, 9.17) is 4.98 Å². The van der Waals surface area contributed by atoms with Crippen molar-refractivity contribution in [3.8, 4) is 0 Å². The molecule has 4 N–H and O–H groups in total. The smallest absolute Gasteiger partial charge is 0.245 e. The number of benzene rings is 1. The van der Waals surface area contributed by atoms with Gasteiger partial charge in [0, 0.05) is 30.2 Å². The summed E-state index contributed by atoms with van der Waals surface area (Å²) in [5.41, 5.74) is 1.31. The molecule has 1 aromatic carbocycles. The Bertz CT molecular complexity index is 1280. The number of nitrogens with one attached hydrogen (secondary N) is 4. The van der Waals surface area contributed by atoms with Crippen LogP contribution in [0.5, 0.6) is 0 Å². The summed E-state index contributed by atoms with van der Waals surface area (Å²) in [5, 5.41) is 13.7. The summed E-state index contributed by atoms with van der Waals surface area (Å²) in [6.45, 7) is 5.61. The summed E-state index contributed by atoms with van der Waals surface area (Å²) in [6.07, 6.45) is 12.2. The summed E-state index contributed by atoms with van der Waals surface area (Å²) in [7, 11) is 2.10. The predicted octanol–water partition coefficient (Wildman–Crippen LogP) is 2.62. The van der Waals surface area contributed by atoms with Crippen molar-refractivity contribution in [2.45, 2.75) is 11.7 Å². The highest BCUT2D eigenvalue weighted by molar-refractivity contribution is 5.90. The molecule has 9 nitrogen and oxygen atoms in total. The quantitative estimate of drug-likeness (QED) is 0.404. The van der Waals surface area contributed by atoms with Gasteiger partial charge in [-0.3, -0.25) is 4.79 Å². The largest absolute Gasteiger partial charge is 0.365 e. The van der Waals surface area contributed by atoms with Gasteiger partial charge in [-0.1, -0.05) is 30.9 Å². The number of fused-ring (bicyclic) bond motifs is 1. The van der Waals surface area contributed by atoms with Crippen LogP contribution in [-0.2, 0) is 10.5 Å². The number of hydrogen-bond donors (Lipinski definition) is 4. The van der Waals surface area contributed by atoms with Gasteiger partial charge < -0.3 is 26.2 Å². The van der Waals surface area contributed by atoms with E-state index in [0.717, 1.165) is 35.5 Å². The van der Waals surface area contributed by atoms with Crippen LogP contribution in [0.15, 0.2) is 79.8 Å². The lowest BCUT2D eigenvalue weighted by atomic mass is 9.94. The normalized spacial score (nSPS) is 19.8. The molecular weight excluding hydrogens is 428 g/mol. The number of carbonyl (C=O) groups excluding carboxylic acids is 1. The van der Waals surface area contributed by atoms with Crippen molar-refractivity contribution in [2.24, 2.45) is 0 Å².